The van der Waals surface area contributed by atoms with Crippen molar-refractivity contribution >= 4 is 16.9 Å². The van der Waals surface area contributed by atoms with Crippen LogP contribution < -0.4 is 5.73 Å². The van der Waals surface area contributed by atoms with Crippen LogP contribution in [0.3, 0.4) is 0 Å². The maximum absolute atomic E-state index is 14.1. The van der Waals surface area contributed by atoms with Crippen molar-refractivity contribution in [2.75, 3.05) is 5.73 Å². The Morgan fingerprint density at radius 2 is 1.97 bits per heavy atom. The Morgan fingerprint density at radius 1 is 1.12 bits per heavy atom. The molecular weight excluding hydrogens is 411 g/mol. The van der Waals surface area contributed by atoms with E-state index in [-0.39, 0.29) is 17.2 Å². The van der Waals surface area contributed by atoms with Gasteiger partial charge in [-0.15, -0.1) is 5.10 Å². The first kappa shape index (κ1) is 19.3. The number of hydrogen-bond donors (Lipinski definition) is 1. The molecule has 0 fully saturated rings. The maximum atomic E-state index is 14.1. The van der Waals surface area contributed by atoms with Crippen LogP contribution in [0.15, 0.2) is 55.0 Å². The molecule has 0 aliphatic carbocycles. The number of halogens is 1. The van der Waals surface area contributed by atoms with E-state index in [0.717, 1.165) is 0 Å². The molecule has 5 rings (SSSR count). The van der Waals surface area contributed by atoms with Crippen LogP contribution in [0.2, 0.25) is 0 Å². The number of nitriles is 1. The van der Waals surface area contributed by atoms with Gasteiger partial charge in [0.05, 0.1) is 23.3 Å². The van der Waals surface area contributed by atoms with Crippen LogP contribution in [-0.2, 0) is 0 Å². The van der Waals surface area contributed by atoms with Gasteiger partial charge in [0.1, 0.15) is 46.8 Å². The van der Waals surface area contributed by atoms with E-state index in [1.54, 1.807) is 47.3 Å². The molecule has 156 valence electrons. The molecule has 0 spiro atoms. The van der Waals surface area contributed by atoms with Crippen LogP contribution in [-0.4, -0.2) is 39.7 Å². The monoisotopic (exact) mass is 426 g/mol. The number of para-hydroxylation sites is 1. The number of nitrogens with two attached hydrogens (primary N) is 1. The lowest BCUT2D eigenvalue weighted by atomic mass is 10.2. The molecule has 10 nitrogen and oxygen atoms in total. The third kappa shape index (κ3) is 3.10. The Hall–Kier alpha value is -4.72. The normalized spacial score (nSPS) is 12.0. The Labute approximate surface area is 180 Å². The summed E-state index contributed by atoms with van der Waals surface area (Å²) in [6.45, 7) is 1.86. The molecule has 11 heteroatoms. The van der Waals surface area contributed by atoms with Crippen molar-refractivity contribution < 1.29 is 4.39 Å². The molecule has 0 aliphatic heterocycles. The lowest BCUT2D eigenvalue weighted by molar-refractivity contribution is 0.565. The molecule has 0 aliphatic rings. The van der Waals surface area contributed by atoms with Crippen LogP contribution >= 0.6 is 0 Å². The largest absolute Gasteiger partial charge is 0.383 e. The zero-order valence-electron chi connectivity index (χ0n) is 16.8. The van der Waals surface area contributed by atoms with Gasteiger partial charge in [0, 0.05) is 0 Å². The summed E-state index contributed by atoms with van der Waals surface area (Å²) in [5.41, 5.74) is 8.61. The molecule has 5 aromatic rings. The minimum atomic E-state index is -0.416. The maximum Gasteiger partial charge on any atom is 0.164 e. The number of rotatable bonds is 4. The van der Waals surface area contributed by atoms with E-state index in [0.29, 0.717) is 28.1 Å². The number of nitrogens with zero attached hydrogens (tertiary/aromatic N) is 9. The topological polar surface area (TPSA) is 137 Å². The number of fused-ring (bicyclic) bond motifs is 1. The van der Waals surface area contributed by atoms with Gasteiger partial charge in [-0.25, -0.2) is 28.7 Å². The third-order valence-electron chi connectivity index (χ3n) is 5.03. The molecule has 4 aromatic heterocycles. The van der Waals surface area contributed by atoms with E-state index in [4.69, 9.17) is 5.73 Å². The van der Waals surface area contributed by atoms with Gasteiger partial charge >= 0.3 is 0 Å². The van der Waals surface area contributed by atoms with Gasteiger partial charge in [0.25, 0.3) is 0 Å². The Balaban J connectivity index is 1.63. The highest BCUT2D eigenvalue weighted by Gasteiger charge is 2.23. The molecular formula is C21H15FN10. The molecule has 1 atom stereocenters. The molecule has 0 radical (unpaired) electrons. The van der Waals surface area contributed by atoms with Gasteiger partial charge < -0.3 is 5.73 Å². The van der Waals surface area contributed by atoms with Crippen LogP contribution in [0.4, 0.5) is 10.2 Å². The average molecular weight is 426 g/mol. The highest BCUT2D eigenvalue weighted by Crippen LogP contribution is 2.32. The lowest BCUT2D eigenvalue weighted by Crippen LogP contribution is -2.10. The number of hydrogen-bond acceptors (Lipinski definition) is 8. The van der Waals surface area contributed by atoms with Gasteiger partial charge in [-0.2, -0.15) is 10.4 Å². The summed E-state index contributed by atoms with van der Waals surface area (Å²) in [5.74, 6) is -0.171. The Bertz CT molecular complexity index is 1500. The van der Waals surface area contributed by atoms with Crippen LogP contribution in [0.1, 0.15) is 24.4 Å². The lowest BCUT2D eigenvalue weighted by Gasteiger charge is -2.09. The van der Waals surface area contributed by atoms with E-state index in [1.165, 1.54) is 17.1 Å². The third-order valence-corrected chi connectivity index (χ3v) is 5.03. The van der Waals surface area contributed by atoms with Crippen molar-refractivity contribution in [2.45, 2.75) is 13.0 Å². The van der Waals surface area contributed by atoms with Gasteiger partial charge in [-0.3, -0.25) is 0 Å². The second kappa shape index (κ2) is 7.51. The highest BCUT2D eigenvalue weighted by atomic mass is 19.1. The number of anilines is 1. The number of benzene rings is 1. The minimum absolute atomic E-state index is 0.239. The summed E-state index contributed by atoms with van der Waals surface area (Å²) in [6, 6.07) is 13.0. The van der Waals surface area contributed by atoms with Gasteiger partial charge in [0.2, 0.25) is 0 Å². The van der Waals surface area contributed by atoms with Crippen LogP contribution in [0.5, 0.6) is 0 Å². The molecule has 2 N–H and O–H groups in total. The number of pyridine rings is 1. The van der Waals surface area contributed by atoms with E-state index in [9.17, 15) is 9.65 Å². The summed E-state index contributed by atoms with van der Waals surface area (Å²) in [4.78, 5) is 12.8. The SMILES string of the molecule is CC(c1cn(-c2ccccc2F)nn1)n1nc(-c2cccc(C#N)n2)c2c(N)ncnc21. The molecule has 4 heterocycles. The molecule has 0 saturated carbocycles. The summed E-state index contributed by atoms with van der Waals surface area (Å²) in [5, 5.41) is 22.7. The molecule has 0 saturated heterocycles. The van der Waals surface area contributed by atoms with Crippen molar-refractivity contribution in [3.05, 3.63) is 72.2 Å². The van der Waals surface area contributed by atoms with Crippen molar-refractivity contribution in [2.24, 2.45) is 0 Å². The van der Waals surface area contributed by atoms with E-state index in [2.05, 4.69) is 30.4 Å². The average Bonchev–Trinajstić information content (AvgIpc) is 3.45. The Morgan fingerprint density at radius 3 is 2.78 bits per heavy atom. The Kier molecular flexibility index (Phi) is 4.52. The van der Waals surface area contributed by atoms with Gasteiger partial charge in [0.15, 0.2) is 5.65 Å². The standard InChI is InChI=1S/C21H15FN10/c1-12(16-10-31(30-28-16)17-8-3-2-6-14(17)22)32-21-18(20(24)25-11-26-21)19(29-32)15-7-4-5-13(9-23)27-15/h2-8,10-12H,1H3,(H2,24,25,26). The number of aromatic nitrogens is 8. The van der Waals surface area contributed by atoms with Gasteiger partial charge in [-0.05, 0) is 31.2 Å². The quantitative estimate of drug-likeness (QED) is 0.463. The molecule has 1 aromatic carbocycles. The van der Waals surface area contributed by atoms with Crippen molar-refractivity contribution in [3.63, 3.8) is 0 Å². The predicted molar refractivity (Wildman–Crippen MR) is 113 cm³/mol. The first-order valence-corrected chi connectivity index (χ1v) is 9.60. The molecule has 0 amide bonds. The summed E-state index contributed by atoms with van der Waals surface area (Å²) < 4.78 is 17.2. The fraction of sp³-hybridized carbons (Fsp3) is 0.0952. The zero-order valence-corrected chi connectivity index (χ0v) is 16.8. The summed E-state index contributed by atoms with van der Waals surface area (Å²) in [7, 11) is 0. The summed E-state index contributed by atoms with van der Waals surface area (Å²) in [6.07, 6.45) is 2.98. The van der Waals surface area contributed by atoms with Crippen molar-refractivity contribution in [1.29, 1.82) is 5.26 Å². The molecule has 32 heavy (non-hydrogen) atoms. The number of nitrogen functional groups attached to an aromatic ring is 1. The summed E-state index contributed by atoms with van der Waals surface area (Å²) >= 11 is 0. The van der Waals surface area contributed by atoms with E-state index < -0.39 is 11.9 Å². The zero-order chi connectivity index (χ0) is 22.2. The molecule has 0 bridgehead atoms. The van der Waals surface area contributed by atoms with E-state index >= 15 is 0 Å². The minimum Gasteiger partial charge on any atom is -0.383 e. The van der Waals surface area contributed by atoms with Crippen LogP contribution in [0.25, 0.3) is 28.1 Å². The smallest absolute Gasteiger partial charge is 0.164 e. The second-order valence-corrected chi connectivity index (χ2v) is 6.99. The van der Waals surface area contributed by atoms with Gasteiger partial charge in [-0.1, -0.05) is 23.4 Å². The second-order valence-electron chi connectivity index (χ2n) is 6.99. The first-order chi connectivity index (χ1) is 15.6. The fourth-order valence-electron chi connectivity index (χ4n) is 3.42. The van der Waals surface area contributed by atoms with Crippen molar-refractivity contribution in [3.8, 4) is 23.1 Å². The fourth-order valence-corrected chi connectivity index (χ4v) is 3.42. The molecule has 1 unspecified atom stereocenters. The predicted octanol–water partition coefficient (Wildman–Crippen LogP) is 2.67. The first-order valence-electron chi connectivity index (χ1n) is 9.60. The van der Waals surface area contributed by atoms with Crippen molar-refractivity contribution in [1.82, 2.24) is 39.7 Å². The van der Waals surface area contributed by atoms with E-state index in [1.807, 2.05) is 13.0 Å². The highest BCUT2D eigenvalue weighted by molar-refractivity contribution is 5.97. The van der Waals surface area contributed by atoms with Crippen LogP contribution in [0, 0.1) is 17.1 Å².